The standard InChI is InChI=1S/C25H22ClFN4O2/c1-24(11-16-5-3-4-6-20(16)27)14-25(22(32)31(2)23(28)30-25)19-10-15(7-8-21(19)33-24)17-9-18(26)13-29-12-17/h3-10,12-13H,11,14H2,1-2H3,(H2,28,30)/t24-,25-/m1/s1. The van der Waals surface area contributed by atoms with Crippen LogP contribution in [0.25, 0.3) is 11.1 Å². The van der Waals surface area contributed by atoms with Gasteiger partial charge in [-0.1, -0.05) is 35.9 Å². The van der Waals surface area contributed by atoms with E-state index in [1.165, 1.54) is 11.0 Å². The molecule has 2 aliphatic heterocycles. The number of nitrogens with zero attached hydrogens (tertiary/aromatic N) is 3. The van der Waals surface area contributed by atoms with Crippen molar-refractivity contribution < 1.29 is 13.9 Å². The minimum absolute atomic E-state index is 0.135. The molecular formula is C25H22ClFN4O2. The second kappa shape index (κ2) is 7.56. The van der Waals surface area contributed by atoms with Gasteiger partial charge in [-0.2, -0.15) is 0 Å². The summed E-state index contributed by atoms with van der Waals surface area (Å²) in [6.07, 6.45) is 3.74. The largest absolute Gasteiger partial charge is 0.487 e. The number of pyridine rings is 1. The van der Waals surface area contributed by atoms with E-state index in [0.717, 1.165) is 11.1 Å². The number of ether oxygens (including phenoxy) is 1. The number of halogens is 2. The van der Waals surface area contributed by atoms with Gasteiger partial charge < -0.3 is 10.5 Å². The molecule has 1 amide bonds. The lowest BCUT2D eigenvalue weighted by Gasteiger charge is -2.43. The van der Waals surface area contributed by atoms with E-state index in [2.05, 4.69) is 9.98 Å². The lowest BCUT2D eigenvalue weighted by molar-refractivity contribution is -0.133. The number of benzene rings is 2. The Morgan fingerprint density at radius 1 is 1.18 bits per heavy atom. The summed E-state index contributed by atoms with van der Waals surface area (Å²) in [5, 5.41) is 0.507. The van der Waals surface area contributed by atoms with Crippen molar-refractivity contribution in [3.63, 3.8) is 0 Å². The first-order valence-electron chi connectivity index (χ1n) is 10.5. The van der Waals surface area contributed by atoms with Crippen molar-refractivity contribution in [3.05, 3.63) is 82.9 Å². The molecule has 0 fully saturated rings. The molecule has 0 radical (unpaired) electrons. The summed E-state index contributed by atoms with van der Waals surface area (Å²) in [6.45, 7) is 1.87. The maximum absolute atomic E-state index is 14.5. The Morgan fingerprint density at radius 2 is 1.97 bits per heavy atom. The number of likely N-dealkylation sites (N-methyl/N-ethyl adjacent to an activating group) is 1. The molecule has 3 aromatic rings. The zero-order valence-electron chi connectivity index (χ0n) is 18.2. The van der Waals surface area contributed by atoms with Crippen LogP contribution < -0.4 is 10.5 Å². The molecule has 2 atom stereocenters. The number of carbonyl (C=O) groups is 1. The minimum Gasteiger partial charge on any atom is -0.487 e. The van der Waals surface area contributed by atoms with Gasteiger partial charge in [0.25, 0.3) is 5.91 Å². The zero-order chi connectivity index (χ0) is 23.4. The normalized spacial score (nSPS) is 23.9. The Labute approximate surface area is 195 Å². The highest BCUT2D eigenvalue weighted by atomic mass is 35.5. The van der Waals surface area contributed by atoms with Crippen molar-refractivity contribution >= 4 is 23.5 Å². The molecule has 0 unspecified atom stereocenters. The molecule has 2 aromatic carbocycles. The molecule has 0 saturated carbocycles. The Bertz CT molecular complexity index is 1310. The van der Waals surface area contributed by atoms with Crippen LogP contribution in [0.3, 0.4) is 0 Å². The quantitative estimate of drug-likeness (QED) is 0.626. The number of aliphatic imine (C=N–C) groups is 1. The maximum Gasteiger partial charge on any atom is 0.261 e. The SMILES string of the molecule is CN1C(=O)[C@]2(C[C@@](C)(Cc3ccccc3F)Oc3ccc(-c4cncc(Cl)c4)cc32)N=C1N. The molecular weight excluding hydrogens is 443 g/mol. The molecule has 0 saturated heterocycles. The van der Waals surface area contributed by atoms with Gasteiger partial charge in [0.2, 0.25) is 0 Å². The first-order valence-corrected chi connectivity index (χ1v) is 10.9. The number of hydrogen-bond acceptors (Lipinski definition) is 5. The Balaban J connectivity index is 1.65. The molecule has 0 bridgehead atoms. The van der Waals surface area contributed by atoms with Crippen molar-refractivity contribution in [3.8, 4) is 16.9 Å². The molecule has 33 heavy (non-hydrogen) atoms. The summed E-state index contributed by atoms with van der Waals surface area (Å²) in [5.74, 6) is 0.0875. The second-order valence-electron chi connectivity index (χ2n) is 8.79. The van der Waals surface area contributed by atoms with E-state index in [1.807, 2.05) is 25.1 Å². The number of carbonyl (C=O) groups excluding carboxylic acids is 1. The third-order valence-electron chi connectivity index (χ3n) is 6.28. The molecule has 2 N–H and O–H groups in total. The van der Waals surface area contributed by atoms with Crippen LogP contribution in [0, 0.1) is 5.82 Å². The highest BCUT2D eigenvalue weighted by Gasteiger charge is 2.56. The van der Waals surface area contributed by atoms with E-state index in [9.17, 15) is 9.18 Å². The van der Waals surface area contributed by atoms with Crippen LogP contribution in [0.4, 0.5) is 4.39 Å². The van der Waals surface area contributed by atoms with Crippen molar-refractivity contribution in [2.24, 2.45) is 10.7 Å². The van der Waals surface area contributed by atoms with Gasteiger partial charge >= 0.3 is 0 Å². The van der Waals surface area contributed by atoms with Crippen molar-refractivity contribution in [2.45, 2.75) is 30.9 Å². The number of hydrogen-bond donors (Lipinski definition) is 1. The van der Waals surface area contributed by atoms with E-state index in [4.69, 9.17) is 22.1 Å². The molecule has 1 aromatic heterocycles. The number of aromatic nitrogens is 1. The summed E-state index contributed by atoms with van der Waals surface area (Å²) in [6, 6.07) is 13.9. The third kappa shape index (κ3) is 3.53. The lowest BCUT2D eigenvalue weighted by atomic mass is 9.74. The van der Waals surface area contributed by atoms with Crippen LogP contribution in [-0.4, -0.2) is 34.4 Å². The van der Waals surface area contributed by atoms with Crippen LogP contribution >= 0.6 is 11.6 Å². The van der Waals surface area contributed by atoms with Gasteiger partial charge in [-0.25, -0.2) is 9.38 Å². The zero-order valence-corrected chi connectivity index (χ0v) is 18.9. The summed E-state index contributed by atoms with van der Waals surface area (Å²) in [4.78, 5) is 23.7. The third-order valence-corrected chi connectivity index (χ3v) is 6.49. The molecule has 0 aliphatic carbocycles. The van der Waals surface area contributed by atoms with Crippen LogP contribution in [-0.2, 0) is 16.8 Å². The molecule has 6 nitrogen and oxygen atoms in total. The summed E-state index contributed by atoms with van der Waals surface area (Å²) in [5.41, 5.74) is 6.68. The number of guanidine groups is 1. The molecule has 2 aliphatic rings. The fourth-order valence-electron chi connectivity index (χ4n) is 4.76. The van der Waals surface area contributed by atoms with Gasteiger partial charge in [0.05, 0.1) is 5.02 Å². The number of amides is 1. The van der Waals surface area contributed by atoms with E-state index in [-0.39, 0.29) is 30.5 Å². The van der Waals surface area contributed by atoms with Gasteiger partial charge in [0.15, 0.2) is 11.5 Å². The van der Waals surface area contributed by atoms with Gasteiger partial charge in [-0.3, -0.25) is 14.7 Å². The fourth-order valence-corrected chi connectivity index (χ4v) is 4.94. The topological polar surface area (TPSA) is 80.8 Å². The summed E-state index contributed by atoms with van der Waals surface area (Å²) >= 11 is 6.13. The highest BCUT2D eigenvalue weighted by Crippen LogP contribution is 2.50. The monoisotopic (exact) mass is 464 g/mol. The smallest absolute Gasteiger partial charge is 0.261 e. The Morgan fingerprint density at radius 3 is 2.67 bits per heavy atom. The molecule has 168 valence electrons. The molecule has 1 spiro atoms. The van der Waals surface area contributed by atoms with Crippen molar-refractivity contribution in [1.82, 2.24) is 9.88 Å². The van der Waals surface area contributed by atoms with Gasteiger partial charge in [0, 0.05) is 43.4 Å². The van der Waals surface area contributed by atoms with E-state index < -0.39 is 11.1 Å². The molecule has 5 rings (SSSR count). The maximum atomic E-state index is 14.5. The number of fused-ring (bicyclic) bond motifs is 2. The van der Waals surface area contributed by atoms with Crippen molar-refractivity contribution in [1.29, 1.82) is 0 Å². The lowest BCUT2D eigenvalue weighted by Crippen LogP contribution is -2.51. The second-order valence-corrected chi connectivity index (χ2v) is 9.23. The Kier molecular flexibility index (Phi) is 4.90. The Hall–Kier alpha value is -3.45. The van der Waals surface area contributed by atoms with Crippen LogP contribution in [0.1, 0.15) is 24.5 Å². The van der Waals surface area contributed by atoms with Gasteiger partial charge in [0.1, 0.15) is 17.2 Å². The van der Waals surface area contributed by atoms with E-state index >= 15 is 0 Å². The minimum atomic E-state index is -1.27. The predicted octanol–water partition coefficient (Wildman–Crippen LogP) is 4.31. The van der Waals surface area contributed by atoms with Crippen LogP contribution in [0.15, 0.2) is 65.9 Å². The fraction of sp³-hybridized carbons (Fsp3) is 0.240. The first-order chi connectivity index (χ1) is 15.7. The van der Waals surface area contributed by atoms with Crippen molar-refractivity contribution in [2.75, 3.05) is 7.05 Å². The van der Waals surface area contributed by atoms with Gasteiger partial charge in [-0.15, -0.1) is 0 Å². The van der Waals surface area contributed by atoms with Gasteiger partial charge in [-0.05, 0) is 42.3 Å². The summed E-state index contributed by atoms with van der Waals surface area (Å²) < 4.78 is 20.9. The molecule has 3 heterocycles. The number of nitrogens with two attached hydrogens (primary N) is 1. The predicted molar refractivity (Wildman–Crippen MR) is 125 cm³/mol. The number of rotatable bonds is 3. The average molecular weight is 465 g/mol. The first kappa shape index (κ1) is 21.4. The van der Waals surface area contributed by atoms with Crippen LogP contribution in [0.5, 0.6) is 5.75 Å². The average Bonchev–Trinajstić information content (AvgIpc) is 2.99. The molecule has 8 heteroatoms. The van der Waals surface area contributed by atoms with Crippen LogP contribution in [0.2, 0.25) is 5.02 Å². The highest BCUT2D eigenvalue weighted by molar-refractivity contribution is 6.30. The van der Waals surface area contributed by atoms with E-state index in [1.54, 1.807) is 43.7 Å². The van der Waals surface area contributed by atoms with E-state index in [0.29, 0.717) is 21.9 Å². The summed E-state index contributed by atoms with van der Waals surface area (Å²) in [7, 11) is 1.60.